The van der Waals surface area contributed by atoms with Gasteiger partial charge >= 0.3 is 0 Å². The monoisotopic (exact) mass is 482 g/mol. The first-order valence-electron chi connectivity index (χ1n) is 11.9. The van der Waals surface area contributed by atoms with Crippen molar-refractivity contribution < 1.29 is 14.0 Å². The summed E-state index contributed by atoms with van der Waals surface area (Å²) in [4.78, 5) is 33.8. The molecule has 5 rings (SSSR count). The molecule has 2 amide bonds. The summed E-state index contributed by atoms with van der Waals surface area (Å²) in [6, 6.07) is 19.3. The average molecular weight is 483 g/mol. The third-order valence-corrected chi connectivity index (χ3v) is 6.72. The van der Waals surface area contributed by atoms with Crippen molar-refractivity contribution >= 4 is 17.6 Å². The Morgan fingerprint density at radius 2 is 1.75 bits per heavy atom. The smallest absolute Gasteiger partial charge is 0.253 e. The average Bonchev–Trinajstić information content (AvgIpc) is 3.30. The Hall–Kier alpha value is -4.26. The number of hydrogen-bond acceptors (Lipinski definition) is 3. The van der Waals surface area contributed by atoms with Crippen LogP contribution in [0.1, 0.15) is 48.3 Å². The number of hydrogen-bond donors (Lipinski definition) is 3. The van der Waals surface area contributed by atoms with Crippen LogP contribution in [0.15, 0.2) is 72.9 Å². The molecule has 182 valence electrons. The zero-order chi connectivity index (χ0) is 25.4. The van der Waals surface area contributed by atoms with Gasteiger partial charge in [0.05, 0.1) is 17.2 Å². The third kappa shape index (κ3) is 4.28. The molecule has 2 aromatic heterocycles. The van der Waals surface area contributed by atoms with Crippen LogP contribution < -0.4 is 10.6 Å². The minimum atomic E-state index is -0.488. The predicted octanol–water partition coefficient (Wildman–Crippen LogP) is 5.65. The van der Waals surface area contributed by atoms with E-state index in [4.69, 9.17) is 0 Å². The second kappa shape index (κ2) is 9.07. The van der Waals surface area contributed by atoms with Gasteiger partial charge in [0.2, 0.25) is 5.91 Å². The van der Waals surface area contributed by atoms with Crippen molar-refractivity contribution in [1.29, 1.82) is 0 Å². The Balaban J connectivity index is 1.54. The number of fused-ring (bicyclic) bond motifs is 1. The van der Waals surface area contributed by atoms with E-state index in [2.05, 4.69) is 34.4 Å². The summed E-state index contributed by atoms with van der Waals surface area (Å²) >= 11 is 0. The molecule has 1 aliphatic rings. The van der Waals surface area contributed by atoms with Gasteiger partial charge in [0.25, 0.3) is 5.91 Å². The molecule has 0 saturated heterocycles. The summed E-state index contributed by atoms with van der Waals surface area (Å²) in [5.74, 6) is -0.803. The van der Waals surface area contributed by atoms with Crippen molar-refractivity contribution in [2.75, 3.05) is 11.9 Å². The quantitative estimate of drug-likeness (QED) is 0.344. The molecule has 0 radical (unpaired) electrons. The highest BCUT2D eigenvalue weighted by molar-refractivity contribution is 6.07. The van der Waals surface area contributed by atoms with Crippen molar-refractivity contribution in [3.05, 3.63) is 95.6 Å². The van der Waals surface area contributed by atoms with Gasteiger partial charge < -0.3 is 15.6 Å². The fraction of sp³-hybridized carbons (Fsp3) is 0.207. The maximum atomic E-state index is 13.3. The van der Waals surface area contributed by atoms with E-state index >= 15 is 0 Å². The number of nitrogens with one attached hydrogen (secondary N) is 3. The van der Waals surface area contributed by atoms with Gasteiger partial charge in [-0.3, -0.25) is 9.59 Å². The summed E-state index contributed by atoms with van der Waals surface area (Å²) in [5.41, 5.74) is 5.28. The molecule has 0 bridgehead atoms. The first-order valence-corrected chi connectivity index (χ1v) is 11.9. The first kappa shape index (κ1) is 23.5. The molecular weight excluding hydrogens is 455 g/mol. The van der Waals surface area contributed by atoms with E-state index in [0.717, 1.165) is 28.1 Å². The minimum absolute atomic E-state index is 0.110. The molecular formula is C29H27FN4O2. The lowest BCUT2D eigenvalue weighted by Crippen LogP contribution is -2.43. The van der Waals surface area contributed by atoms with Gasteiger partial charge in [-0.1, -0.05) is 56.3 Å². The van der Waals surface area contributed by atoms with Crippen LogP contribution in [0.4, 0.5) is 10.2 Å². The van der Waals surface area contributed by atoms with Gasteiger partial charge in [0, 0.05) is 35.0 Å². The summed E-state index contributed by atoms with van der Waals surface area (Å²) in [7, 11) is 0. The second-order valence-corrected chi connectivity index (χ2v) is 9.75. The topological polar surface area (TPSA) is 86.9 Å². The summed E-state index contributed by atoms with van der Waals surface area (Å²) < 4.78 is 13.3. The SMILES string of the molecule is C[C@H](C(=O)Nc1cc(-c2[nH]c3c(c2-c2ccccc2)C(=O)NCC3(C)C)ccn1)c1ccc(F)cc1. The number of halogens is 1. The highest BCUT2D eigenvalue weighted by atomic mass is 19.1. The van der Waals surface area contributed by atoms with Gasteiger partial charge in [0.15, 0.2) is 0 Å². The van der Waals surface area contributed by atoms with Crippen LogP contribution in [0, 0.1) is 5.82 Å². The molecule has 4 aromatic rings. The van der Waals surface area contributed by atoms with Crippen molar-refractivity contribution in [2.45, 2.75) is 32.1 Å². The summed E-state index contributed by atoms with van der Waals surface area (Å²) in [6.07, 6.45) is 1.63. The lowest BCUT2D eigenvalue weighted by molar-refractivity contribution is -0.117. The number of amides is 2. The number of nitrogens with zero attached hydrogens (tertiary/aromatic N) is 1. The van der Waals surface area contributed by atoms with Crippen LogP contribution in [0.3, 0.4) is 0 Å². The molecule has 36 heavy (non-hydrogen) atoms. The van der Waals surface area contributed by atoms with E-state index in [1.807, 2.05) is 36.4 Å². The van der Waals surface area contributed by atoms with Gasteiger partial charge in [-0.05, 0) is 42.3 Å². The molecule has 0 spiro atoms. The molecule has 7 heteroatoms. The van der Waals surface area contributed by atoms with E-state index in [9.17, 15) is 14.0 Å². The Bertz CT molecular complexity index is 1440. The number of pyridine rings is 1. The highest BCUT2D eigenvalue weighted by Gasteiger charge is 2.37. The zero-order valence-corrected chi connectivity index (χ0v) is 20.4. The molecule has 2 aromatic carbocycles. The van der Waals surface area contributed by atoms with Crippen molar-refractivity contribution in [3.63, 3.8) is 0 Å². The Morgan fingerprint density at radius 3 is 2.47 bits per heavy atom. The van der Waals surface area contributed by atoms with Crippen LogP contribution in [0.25, 0.3) is 22.4 Å². The van der Waals surface area contributed by atoms with E-state index in [0.29, 0.717) is 23.5 Å². The van der Waals surface area contributed by atoms with E-state index in [1.165, 1.54) is 12.1 Å². The molecule has 0 unspecified atom stereocenters. The summed E-state index contributed by atoms with van der Waals surface area (Å²) in [5, 5.41) is 5.89. The molecule has 3 N–H and O–H groups in total. The number of H-pyrrole nitrogens is 1. The number of carbonyl (C=O) groups excluding carboxylic acids is 2. The van der Waals surface area contributed by atoms with E-state index < -0.39 is 5.92 Å². The number of anilines is 1. The maximum absolute atomic E-state index is 13.3. The number of aromatic amines is 1. The molecule has 0 saturated carbocycles. The largest absolute Gasteiger partial charge is 0.357 e. The molecule has 1 aliphatic heterocycles. The normalized spacial score (nSPS) is 15.1. The number of aromatic nitrogens is 2. The Morgan fingerprint density at radius 1 is 1.03 bits per heavy atom. The van der Waals surface area contributed by atoms with Gasteiger partial charge in [-0.25, -0.2) is 9.37 Å². The minimum Gasteiger partial charge on any atom is -0.357 e. The molecule has 6 nitrogen and oxygen atoms in total. The van der Waals surface area contributed by atoms with Gasteiger partial charge in [-0.15, -0.1) is 0 Å². The Kier molecular flexibility index (Phi) is 5.92. The van der Waals surface area contributed by atoms with Crippen LogP contribution in [0.5, 0.6) is 0 Å². The lowest BCUT2D eigenvalue weighted by Gasteiger charge is -2.30. The van der Waals surface area contributed by atoms with E-state index in [-0.39, 0.29) is 23.0 Å². The molecule has 0 fully saturated rings. The lowest BCUT2D eigenvalue weighted by atomic mass is 9.82. The maximum Gasteiger partial charge on any atom is 0.253 e. The van der Waals surface area contributed by atoms with Crippen LogP contribution in [-0.2, 0) is 10.2 Å². The second-order valence-electron chi connectivity index (χ2n) is 9.75. The van der Waals surface area contributed by atoms with Crippen molar-refractivity contribution in [2.24, 2.45) is 0 Å². The molecule has 1 atom stereocenters. The summed E-state index contributed by atoms with van der Waals surface area (Å²) in [6.45, 7) is 6.48. The molecule has 3 heterocycles. The predicted molar refractivity (Wildman–Crippen MR) is 138 cm³/mol. The zero-order valence-electron chi connectivity index (χ0n) is 20.4. The van der Waals surface area contributed by atoms with Crippen LogP contribution in [-0.4, -0.2) is 28.3 Å². The Labute approximate surface area is 209 Å². The van der Waals surface area contributed by atoms with Gasteiger partial charge in [0.1, 0.15) is 11.6 Å². The van der Waals surface area contributed by atoms with Crippen LogP contribution >= 0.6 is 0 Å². The van der Waals surface area contributed by atoms with Gasteiger partial charge in [-0.2, -0.15) is 0 Å². The van der Waals surface area contributed by atoms with E-state index in [1.54, 1.807) is 31.3 Å². The number of rotatable bonds is 5. The fourth-order valence-corrected chi connectivity index (χ4v) is 4.61. The van der Waals surface area contributed by atoms with Crippen molar-refractivity contribution in [3.8, 4) is 22.4 Å². The number of benzene rings is 2. The number of carbonyl (C=O) groups is 2. The fourth-order valence-electron chi connectivity index (χ4n) is 4.61. The molecule has 0 aliphatic carbocycles. The van der Waals surface area contributed by atoms with Crippen LogP contribution in [0.2, 0.25) is 0 Å². The third-order valence-electron chi connectivity index (χ3n) is 6.72. The first-order chi connectivity index (χ1) is 17.2. The standard InChI is InChI=1S/C29H27FN4O2/c1-17(18-9-11-21(30)12-10-18)27(35)33-22-15-20(13-14-31-22)25-23(19-7-5-4-6-8-19)24-26(34-25)29(2,3)16-32-28(24)36/h4-15,17,34H,16H2,1-3H3,(H,32,36)(H,31,33,35)/t17-/m0/s1. The van der Waals surface area contributed by atoms with Crippen molar-refractivity contribution in [1.82, 2.24) is 15.3 Å². The highest BCUT2D eigenvalue weighted by Crippen LogP contribution is 2.42.